The zero-order valence-corrected chi connectivity index (χ0v) is 11.5. The summed E-state index contributed by atoms with van der Waals surface area (Å²) in [4.78, 5) is 17.8. The molecule has 0 aromatic heterocycles. The predicted molar refractivity (Wildman–Crippen MR) is 81.6 cm³/mol. The van der Waals surface area contributed by atoms with E-state index in [1.165, 1.54) is 0 Å². The maximum atomic E-state index is 11.7. The van der Waals surface area contributed by atoms with Gasteiger partial charge in [0.1, 0.15) is 0 Å². The number of nitrogens with two attached hydrogens (primary N) is 1. The molecule has 1 aliphatic rings. The second-order valence-corrected chi connectivity index (χ2v) is 4.69. The van der Waals surface area contributed by atoms with Crippen molar-refractivity contribution in [2.75, 3.05) is 18.0 Å². The number of hydrogen-bond donors (Lipinski definition) is 2. The number of nitrogens with one attached hydrogen (secondary N) is 1. The number of rotatable bonds is 5. The van der Waals surface area contributed by atoms with Crippen LogP contribution in [-0.2, 0) is 11.3 Å². The van der Waals surface area contributed by atoms with Crippen LogP contribution in [0.15, 0.2) is 41.9 Å². The van der Waals surface area contributed by atoms with Crippen molar-refractivity contribution in [3.8, 4) is 0 Å². The minimum atomic E-state index is 0.192. The predicted octanol–water partition coefficient (Wildman–Crippen LogP) is 1.40. The Morgan fingerprint density at radius 3 is 3.10 bits per heavy atom. The van der Waals surface area contributed by atoms with E-state index in [4.69, 9.17) is 5.73 Å². The Morgan fingerprint density at radius 2 is 2.40 bits per heavy atom. The molecule has 0 bridgehead atoms. The second kappa shape index (κ2) is 6.75. The molecular formula is C15H20N4O. The first kappa shape index (κ1) is 14.1. The summed E-state index contributed by atoms with van der Waals surface area (Å²) in [6.45, 7) is 5.49. The Kier molecular flexibility index (Phi) is 4.76. The van der Waals surface area contributed by atoms with Crippen molar-refractivity contribution in [2.24, 2.45) is 10.7 Å². The Hall–Kier alpha value is -2.30. The molecule has 1 aliphatic heterocycles. The first-order valence-electron chi connectivity index (χ1n) is 6.74. The van der Waals surface area contributed by atoms with Crippen LogP contribution in [0.2, 0.25) is 0 Å². The van der Waals surface area contributed by atoms with Crippen LogP contribution in [0.4, 0.5) is 5.69 Å². The lowest BCUT2D eigenvalue weighted by molar-refractivity contribution is -0.117. The molecule has 1 aromatic carbocycles. The number of benzene rings is 1. The summed E-state index contributed by atoms with van der Waals surface area (Å²) < 4.78 is 0. The van der Waals surface area contributed by atoms with Crippen molar-refractivity contribution in [3.63, 3.8) is 0 Å². The molecule has 0 atom stereocenters. The maximum Gasteiger partial charge on any atom is 0.227 e. The molecule has 106 valence electrons. The number of carbonyl (C=O) groups is 1. The molecule has 1 fully saturated rings. The SMILES string of the molecule is C=CCNC(N)=NCc1cccc(N2CCCC2=O)c1. The summed E-state index contributed by atoms with van der Waals surface area (Å²) in [6, 6.07) is 7.87. The van der Waals surface area contributed by atoms with Crippen LogP contribution < -0.4 is 16.0 Å². The minimum absolute atomic E-state index is 0.192. The van der Waals surface area contributed by atoms with Gasteiger partial charge in [-0.2, -0.15) is 0 Å². The summed E-state index contributed by atoms with van der Waals surface area (Å²) in [5, 5.41) is 2.92. The van der Waals surface area contributed by atoms with Crippen molar-refractivity contribution < 1.29 is 4.79 Å². The number of amides is 1. The van der Waals surface area contributed by atoms with Gasteiger partial charge in [0.15, 0.2) is 5.96 Å². The molecule has 0 aliphatic carbocycles. The van der Waals surface area contributed by atoms with Gasteiger partial charge in [-0.3, -0.25) is 4.79 Å². The van der Waals surface area contributed by atoms with Gasteiger partial charge in [0, 0.05) is 25.2 Å². The third-order valence-corrected chi connectivity index (χ3v) is 3.16. The first-order chi connectivity index (χ1) is 9.70. The number of hydrogen-bond acceptors (Lipinski definition) is 2. The van der Waals surface area contributed by atoms with E-state index in [2.05, 4.69) is 16.9 Å². The van der Waals surface area contributed by atoms with E-state index in [0.717, 1.165) is 24.2 Å². The number of aliphatic imine (C=N–C) groups is 1. The van der Waals surface area contributed by atoms with Crippen molar-refractivity contribution in [2.45, 2.75) is 19.4 Å². The monoisotopic (exact) mass is 272 g/mol. The Bertz CT molecular complexity index is 524. The highest BCUT2D eigenvalue weighted by molar-refractivity contribution is 5.95. The van der Waals surface area contributed by atoms with Gasteiger partial charge in [-0.15, -0.1) is 6.58 Å². The Balaban J connectivity index is 2.02. The molecule has 0 spiro atoms. The first-order valence-corrected chi connectivity index (χ1v) is 6.74. The molecule has 3 N–H and O–H groups in total. The Labute approximate surface area is 119 Å². The number of carbonyl (C=O) groups excluding carboxylic acids is 1. The molecule has 1 amide bonds. The summed E-state index contributed by atoms with van der Waals surface area (Å²) in [5.74, 6) is 0.588. The van der Waals surface area contributed by atoms with Crippen LogP contribution in [-0.4, -0.2) is 25.0 Å². The van der Waals surface area contributed by atoms with Crippen LogP contribution >= 0.6 is 0 Å². The van der Waals surface area contributed by atoms with Gasteiger partial charge < -0.3 is 16.0 Å². The van der Waals surface area contributed by atoms with Crippen molar-refractivity contribution in [1.29, 1.82) is 0 Å². The van der Waals surface area contributed by atoms with Crippen LogP contribution in [0.5, 0.6) is 0 Å². The minimum Gasteiger partial charge on any atom is -0.370 e. The average Bonchev–Trinajstić information content (AvgIpc) is 2.89. The molecule has 0 unspecified atom stereocenters. The van der Waals surface area contributed by atoms with Gasteiger partial charge in [0.25, 0.3) is 0 Å². The van der Waals surface area contributed by atoms with E-state index in [1.54, 1.807) is 6.08 Å². The van der Waals surface area contributed by atoms with Crippen molar-refractivity contribution >= 4 is 17.6 Å². The van der Waals surface area contributed by atoms with Gasteiger partial charge >= 0.3 is 0 Å². The third kappa shape index (κ3) is 3.60. The largest absolute Gasteiger partial charge is 0.370 e. The van der Waals surface area contributed by atoms with E-state index in [0.29, 0.717) is 25.5 Å². The highest BCUT2D eigenvalue weighted by Gasteiger charge is 2.21. The molecule has 1 saturated heterocycles. The summed E-state index contributed by atoms with van der Waals surface area (Å²) >= 11 is 0. The van der Waals surface area contributed by atoms with E-state index in [-0.39, 0.29) is 5.91 Å². The van der Waals surface area contributed by atoms with Gasteiger partial charge in [0.2, 0.25) is 5.91 Å². The smallest absolute Gasteiger partial charge is 0.227 e. The molecule has 5 nitrogen and oxygen atoms in total. The molecule has 5 heteroatoms. The lowest BCUT2D eigenvalue weighted by Crippen LogP contribution is -2.31. The molecule has 1 aromatic rings. The van der Waals surface area contributed by atoms with E-state index in [9.17, 15) is 4.79 Å². The summed E-state index contributed by atoms with van der Waals surface area (Å²) in [5.41, 5.74) is 7.69. The third-order valence-electron chi connectivity index (χ3n) is 3.16. The van der Waals surface area contributed by atoms with Crippen LogP contribution in [0.3, 0.4) is 0 Å². The molecule has 0 radical (unpaired) electrons. The standard InChI is InChI=1S/C15H20N4O/c1-2-8-17-15(16)18-11-12-5-3-6-13(10-12)19-9-4-7-14(19)20/h2-3,5-6,10H,1,4,7-9,11H2,(H3,16,17,18). The maximum absolute atomic E-state index is 11.7. The number of nitrogens with zero attached hydrogens (tertiary/aromatic N) is 2. The highest BCUT2D eigenvalue weighted by atomic mass is 16.2. The van der Waals surface area contributed by atoms with Crippen molar-refractivity contribution in [3.05, 3.63) is 42.5 Å². The van der Waals surface area contributed by atoms with Gasteiger partial charge in [-0.25, -0.2) is 4.99 Å². The average molecular weight is 272 g/mol. The van der Waals surface area contributed by atoms with Gasteiger partial charge in [0.05, 0.1) is 6.54 Å². The molecule has 20 heavy (non-hydrogen) atoms. The van der Waals surface area contributed by atoms with E-state index >= 15 is 0 Å². The lowest BCUT2D eigenvalue weighted by atomic mass is 10.2. The summed E-state index contributed by atoms with van der Waals surface area (Å²) in [7, 11) is 0. The fourth-order valence-corrected chi connectivity index (χ4v) is 2.15. The fourth-order valence-electron chi connectivity index (χ4n) is 2.15. The lowest BCUT2D eigenvalue weighted by Gasteiger charge is -2.16. The second-order valence-electron chi connectivity index (χ2n) is 4.69. The zero-order valence-electron chi connectivity index (χ0n) is 11.5. The fraction of sp³-hybridized carbons (Fsp3) is 0.333. The number of guanidine groups is 1. The van der Waals surface area contributed by atoms with Crippen LogP contribution in [0.1, 0.15) is 18.4 Å². The van der Waals surface area contributed by atoms with E-state index < -0.39 is 0 Å². The van der Waals surface area contributed by atoms with E-state index in [1.807, 2.05) is 29.2 Å². The highest BCUT2D eigenvalue weighted by Crippen LogP contribution is 2.22. The molecule has 2 rings (SSSR count). The topological polar surface area (TPSA) is 70.7 Å². The molecule has 0 saturated carbocycles. The van der Waals surface area contributed by atoms with Crippen LogP contribution in [0, 0.1) is 0 Å². The molecule has 1 heterocycles. The van der Waals surface area contributed by atoms with Gasteiger partial charge in [-0.05, 0) is 24.1 Å². The molecular weight excluding hydrogens is 252 g/mol. The quantitative estimate of drug-likeness (QED) is 0.483. The van der Waals surface area contributed by atoms with Crippen LogP contribution in [0.25, 0.3) is 0 Å². The summed E-state index contributed by atoms with van der Waals surface area (Å²) in [6.07, 6.45) is 3.29. The van der Waals surface area contributed by atoms with Crippen molar-refractivity contribution in [1.82, 2.24) is 5.32 Å². The number of anilines is 1. The van der Waals surface area contributed by atoms with Gasteiger partial charge in [-0.1, -0.05) is 18.2 Å². The Morgan fingerprint density at radius 1 is 1.55 bits per heavy atom. The zero-order chi connectivity index (χ0) is 14.4. The normalized spacial score (nSPS) is 15.5.